The van der Waals surface area contributed by atoms with Gasteiger partial charge in [0.25, 0.3) is 0 Å². The molecule has 0 aromatic heterocycles. The van der Waals surface area contributed by atoms with Gasteiger partial charge in [0.2, 0.25) is 0 Å². The van der Waals surface area contributed by atoms with Gasteiger partial charge in [0.1, 0.15) is 6.04 Å². The zero-order valence-corrected chi connectivity index (χ0v) is 10.8. The molecule has 8 nitrogen and oxygen atoms in total. The summed E-state index contributed by atoms with van der Waals surface area (Å²) >= 11 is 0. The smallest absolute Gasteiger partial charge is 0.326 e. The van der Waals surface area contributed by atoms with E-state index < -0.39 is 30.4 Å². The quantitative estimate of drug-likeness (QED) is 0.608. The standard InChI is InChI=1S/C11H17N3O5/c1-7(2)14(5-3-4-12)11(19)13-8(10(17)18)6-9(15)16/h7-8H,3,5-6H2,1-2H3,(H,13,19)(H,15,16)(H,17,18)/t8-/m1/s1. The van der Waals surface area contributed by atoms with Crippen molar-refractivity contribution in [2.24, 2.45) is 0 Å². The van der Waals surface area contributed by atoms with E-state index in [0.29, 0.717) is 0 Å². The number of carboxylic acids is 2. The first-order valence-electron chi connectivity index (χ1n) is 5.68. The minimum absolute atomic E-state index is 0.113. The maximum absolute atomic E-state index is 11.8. The number of nitriles is 1. The molecule has 3 N–H and O–H groups in total. The predicted molar refractivity (Wildman–Crippen MR) is 64.3 cm³/mol. The van der Waals surface area contributed by atoms with Crippen LogP contribution in [0.5, 0.6) is 0 Å². The van der Waals surface area contributed by atoms with Gasteiger partial charge in [-0.2, -0.15) is 5.26 Å². The van der Waals surface area contributed by atoms with E-state index in [0.717, 1.165) is 0 Å². The van der Waals surface area contributed by atoms with E-state index in [-0.39, 0.29) is 19.0 Å². The lowest BCUT2D eigenvalue weighted by molar-refractivity contribution is -0.145. The zero-order chi connectivity index (χ0) is 15.0. The number of rotatable bonds is 7. The average Bonchev–Trinajstić information content (AvgIpc) is 2.27. The lowest BCUT2D eigenvalue weighted by atomic mass is 10.2. The van der Waals surface area contributed by atoms with E-state index >= 15 is 0 Å². The van der Waals surface area contributed by atoms with Gasteiger partial charge in [-0.1, -0.05) is 0 Å². The molecule has 0 fully saturated rings. The lowest BCUT2D eigenvalue weighted by Gasteiger charge is -2.27. The van der Waals surface area contributed by atoms with Crippen molar-refractivity contribution in [1.82, 2.24) is 10.2 Å². The zero-order valence-electron chi connectivity index (χ0n) is 10.8. The predicted octanol–water partition coefficient (Wildman–Crippen LogP) is 0.248. The maximum atomic E-state index is 11.8. The van der Waals surface area contributed by atoms with Crippen LogP contribution in [0.15, 0.2) is 0 Å². The molecule has 0 aliphatic rings. The molecule has 1 atom stereocenters. The summed E-state index contributed by atoms with van der Waals surface area (Å²) in [5, 5.41) is 28.0. The Balaban J connectivity index is 4.71. The van der Waals surface area contributed by atoms with Gasteiger partial charge in [0, 0.05) is 12.6 Å². The first-order chi connectivity index (χ1) is 8.79. The minimum Gasteiger partial charge on any atom is -0.481 e. The SMILES string of the molecule is CC(C)N(CCC#N)C(=O)N[C@H](CC(=O)O)C(=O)O. The van der Waals surface area contributed by atoms with Crippen LogP contribution in [0.4, 0.5) is 4.79 Å². The number of urea groups is 1. The van der Waals surface area contributed by atoms with Crippen molar-refractivity contribution >= 4 is 18.0 Å². The molecule has 19 heavy (non-hydrogen) atoms. The third-order valence-electron chi connectivity index (χ3n) is 2.32. The molecule has 0 saturated carbocycles. The van der Waals surface area contributed by atoms with Crippen LogP contribution < -0.4 is 5.32 Å². The van der Waals surface area contributed by atoms with E-state index in [1.54, 1.807) is 13.8 Å². The molecule has 2 amide bonds. The first-order valence-corrected chi connectivity index (χ1v) is 5.68. The van der Waals surface area contributed by atoms with E-state index in [1.807, 2.05) is 6.07 Å². The lowest BCUT2D eigenvalue weighted by Crippen LogP contribution is -2.51. The van der Waals surface area contributed by atoms with Gasteiger partial charge in [-0.15, -0.1) is 0 Å². The second-order valence-corrected chi connectivity index (χ2v) is 4.13. The second-order valence-electron chi connectivity index (χ2n) is 4.13. The number of amides is 2. The third-order valence-corrected chi connectivity index (χ3v) is 2.32. The normalized spacial score (nSPS) is 11.5. The molecule has 0 radical (unpaired) electrons. The summed E-state index contributed by atoms with van der Waals surface area (Å²) in [6, 6.07) is -0.533. The summed E-state index contributed by atoms with van der Waals surface area (Å²) in [6.07, 6.45) is -0.590. The molecule has 0 bridgehead atoms. The highest BCUT2D eigenvalue weighted by atomic mass is 16.4. The summed E-state index contributed by atoms with van der Waals surface area (Å²) in [6.45, 7) is 3.58. The Labute approximate surface area is 110 Å². The topological polar surface area (TPSA) is 131 Å². The molecular formula is C11H17N3O5. The molecule has 8 heteroatoms. The Morgan fingerprint density at radius 3 is 2.26 bits per heavy atom. The van der Waals surface area contributed by atoms with E-state index in [4.69, 9.17) is 15.5 Å². The van der Waals surface area contributed by atoms with Crippen LogP contribution in [-0.2, 0) is 9.59 Å². The number of carboxylic acid groups (broad SMARTS) is 2. The molecule has 0 saturated heterocycles. The molecule has 0 heterocycles. The van der Waals surface area contributed by atoms with Crippen LogP contribution in [0.2, 0.25) is 0 Å². The van der Waals surface area contributed by atoms with Crippen molar-refractivity contribution in [3.05, 3.63) is 0 Å². The second kappa shape index (κ2) is 7.92. The Morgan fingerprint density at radius 2 is 1.89 bits per heavy atom. The van der Waals surface area contributed by atoms with Crippen LogP contribution in [0.25, 0.3) is 0 Å². The van der Waals surface area contributed by atoms with E-state index in [2.05, 4.69) is 5.32 Å². The van der Waals surface area contributed by atoms with Gasteiger partial charge in [-0.25, -0.2) is 9.59 Å². The molecule has 106 valence electrons. The van der Waals surface area contributed by atoms with Crippen molar-refractivity contribution in [1.29, 1.82) is 5.26 Å². The summed E-state index contributed by atoms with van der Waals surface area (Å²) < 4.78 is 0. The average molecular weight is 271 g/mol. The van der Waals surface area contributed by atoms with Gasteiger partial charge in [-0.05, 0) is 13.8 Å². The molecular weight excluding hydrogens is 254 g/mol. The number of nitrogens with one attached hydrogen (secondary N) is 1. The van der Waals surface area contributed by atoms with Gasteiger partial charge in [0.15, 0.2) is 0 Å². The van der Waals surface area contributed by atoms with Crippen molar-refractivity contribution < 1.29 is 24.6 Å². The Kier molecular flexibility index (Phi) is 6.96. The minimum atomic E-state index is -1.49. The van der Waals surface area contributed by atoms with E-state index in [1.165, 1.54) is 4.90 Å². The van der Waals surface area contributed by atoms with Crippen LogP contribution >= 0.6 is 0 Å². The van der Waals surface area contributed by atoms with Crippen LogP contribution in [0.1, 0.15) is 26.7 Å². The molecule has 0 aromatic rings. The van der Waals surface area contributed by atoms with Gasteiger partial charge in [0.05, 0.1) is 18.9 Å². The monoisotopic (exact) mass is 271 g/mol. The Hall–Kier alpha value is -2.30. The molecule has 0 aliphatic carbocycles. The molecule has 0 aliphatic heterocycles. The van der Waals surface area contributed by atoms with Crippen molar-refractivity contribution in [2.75, 3.05) is 6.54 Å². The number of hydrogen-bond donors (Lipinski definition) is 3. The molecule has 0 rings (SSSR count). The fourth-order valence-corrected chi connectivity index (χ4v) is 1.37. The molecule has 0 spiro atoms. The highest BCUT2D eigenvalue weighted by Crippen LogP contribution is 2.02. The number of hydrogen-bond acceptors (Lipinski definition) is 4. The van der Waals surface area contributed by atoms with Crippen molar-refractivity contribution in [2.45, 2.75) is 38.8 Å². The van der Waals surface area contributed by atoms with Crippen molar-refractivity contribution in [3.63, 3.8) is 0 Å². The number of carbonyl (C=O) groups is 3. The number of carbonyl (C=O) groups excluding carboxylic acids is 1. The van der Waals surface area contributed by atoms with E-state index in [9.17, 15) is 14.4 Å². The van der Waals surface area contributed by atoms with Gasteiger partial charge < -0.3 is 20.4 Å². The van der Waals surface area contributed by atoms with Crippen LogP contribution in [0.3, 0.4) is 0 Å². The first kappa shape index (κ1) is 16.7. The van der Waals surface area contributed by atoms with Gasteiger partial charge >= 0.3 is 18.0 Å². The summed E-state index contributed by atoms with van der Waals surface area (Å²) in [4.78, 5) is 34.4. The highest BCUT2D eigenvalue weighted by Gasteiger charge is 2.26. The Bertz CT molecular complexity index is 388. The summed E-state index contributed by atoms with van der Waals surface area (Å²) in [7, 11) is 0. The molecule has 0 aromatic carbocycles. The third kappa shape index (κ3) is 6.26. The fraction of sp³-hybridized carbons (Fsp3) is 0.636. The van der Waals surface area contributed by atoms with Crippen molar-refractivity contribution in [3.8, 4) is 6.07 Å². The van der Waals surface area contributed by atoms with Gasteiger partial charge in [-0.3, -0.25) is 4.79 Å². The fourth-order valence-electron chi connectivity index (χ4n) is 1.37. The highest BCUT2D eigenvalue weighted by molar-refractivity contribution is 5.86. The summed E-state index contributed by atoms with van der Waals surface area (Å²) in [5.74, 6) is -2.74. The largest absolute Gasteiger partial charge is 0.481 e. The maximum Gasteiger partial charge on any atom is 0.326 e. The molecule has 0 unspecified atom stereocenters. The Morgan fingerprint density at radius 1 is 1.32 bits per heavy atom. The summed E-state index contributed by atoms with van der Waals surface area (Å²) in [5.41, 5.74) is 0. The van der Waals surface area contributed by atoms with Crippen LogP contribution in [0, 0.1) is 11.3 Å². The number of nitrogens with zero attached hydrogens (tertiary/aromatic N) is 2. The number of aliphatic carboxylic acids is 2. The van der Waals surface area contributed by atoms with Crippen LogP contribution in [-0.4, -0.2) is 51.7 Å².